The van der Waals surface area contributed by atoms with Crippen LogP contribution >= 0.6 is 11.6 Å². The van der Waals surface area contributed by atoms with Crippen LogP contribution in [0, 0.1) is 6.92 Å². The van der Waals surface area contributed by atoms with Crippen molar-refractivity contribution >= 4 is 17.5 Å². The predicted molar refractivity (Wildman–Crippen MR) is 57.2 cm³/mol. The summed E-state index contributed by atoms with van der Waals surface area (Å²) in [4.78, 5) is 11.5. The van der Waals surface area contributed by atoms with E-state index in [1.165, 1.54) is 0 Å². The fourth-order valence-electron chi connectivity index (χ4n) is 1.12. The molecular formula is C10H14ClNO3. The summed E-state index contributed by atoms with van der Waals surface area (Å²) < 4.78 is 10.1. The van der Waals surface area contributed by atoms with Crippen LogP contribution in [-0.2, 0) is 10.6 Å². The predicted octanol–water partition coefficient (Wildman–Crippen LogP) is 1.70. The van der Waals surface area contributed by atoms with Gasteiger partial charge in [-0.05, 0) is 13.0 Å². The van der Waals surface area contributed by atoms with Crippen LogP contribution < -0.4 is 5.32 Å². The van der Waals surface area contributed by atoms with Gasteiger partial charge in [0, 0.05) is 19.2 Å². The van der Waals surface area contributed by atoms with Crippen LogP contribution in [0.2, 0.25) is 0 Å². The van der Waals surface area contributed by atoms with E-state index in [2.05, 4.69) is 5.32 Å². The molecular weight excluding hydrogens is 218 g/mol. The maximum atomic E-state index is 11.5. The van der Waals surface area contributed by atoms with Crippen molar-refractivity contribution < 1.29 is 13.9 Å². The number of aryl methyl sites for hydroxylation is 1. The van der Waals surface area contributed by atoms with E-state index in [1.54, 1.807) is 20.1 Å². The number of nitrogens with one attached hydrogen (secondary N) is 1. The number of carbonyl (C=O) groups is 1. The molecule has 0 atom stereocenters. The van der Waals surface area contributed by atoms with E-state index >= 15 is 0 Å². The van der Waals surface area contributed by atoms with E-state index in [0.29, 0.717) is 30.6 Å². The molecule has 15 heavy (non-hydrogen) atoms. The molecule has 1 aromatic rings. The van der Waals surface area contributed by atoms with E-state index in [1.807, 2.05) is 0 Å². The van der Waals surface area contributed by atoms with Gasteiger partial charge >= 0.3 is 0 Å². The third kappa shape index (κ3) is 3.25. The smallest absolute Gasteiger partial charge is 0.287 e. The van der Waals surface area contributed by atoms with Crippen molar-refractivity contribution in [3.05, 3.63) is 23.2 Å². The van der Waals surface area contributed by atoms with Crippen LogP contribution in [0.3, 0.4) is 0 Å². The number of halogens is 1. The van der Waals surface area contributed by atoms with Crippen LogP contribution in [-0.4, -0.2) is 26.2 Å². The first-order chi connectivity index (χ1) is 7.19. The van der Waals surface area contributed by atoms with Crippen LogP contribution in [0.25, 0.3) is 0 Å². The average molecular weight is 232 g/mol. The molecule has 0 saturated heterocycles. The Morgan fingerprint density at radius 3 is 2.93 bits per heavy atom. The highest BCUT2D eigenvalue weighted by atomic mass is 35.5. The van der Waals surface area contributed by atoms with E-state index in [-0.39, 0.29) is 5.91 Å². The molecule has 0 aliphatic carbocycles. The Bertz CT molecular complexity index is 335. The van der Waals surface area contributed by atoms with Gasteiger partial charge in [-0.2, -0.15) is 0 Å². The summed E-state index contributed by atoms with van der Waals surface area (Å²) in [6, 6.07) is 1.66. The summed E-state index contributed by atoms with van der Waals surface area (Å²) in [7, 11) is 1.58. The van der Waals surface area contributed by atoms with E-state index < -0.39 is 0 Å². The molecule has 0 unspecified atom stereocenters. The maximum Gasteiger partial charge on any atom is 0.287 e. The molecule has 1 aromatic heterocycles. The first-order valence-corrected chi connectivity index (χ1v) is 5.15. The molecule has 5 heteroatoms. The van der Waals surface area contributed by atoms with Crippen LogP contribution in [0.1, 0.15) is 21.9 Å². The van der Waals surface area contributed by atoms with E-state index in [9.17, 15) is 4.79 Å². The Balaban J connectivity index is 2.58. The Kier molecular flexibility index (Phi) is 4.65. The molecule has 0 radical (unpaired) electrons. The lowest BCUT2D eigenvalue weighted by molar-refractivity contribution is 0.0908. The molecule has 0 fully saturated rings. The second-order valence-electron chi connectivity index (χ2n) is 3.07. The van der Waals surface area contributed by atoms with Crippen molar-refractivity contribution in [2.45, 2.75) is 12.8 Å². The quantitative estimate of drug-likeness (QED) is 0.620. The van der Waals surface area contributed by atoms with Crippen LogP contribution in [0.4, 0.5) is 0 Å². The van der Waals surface area contributed by atoms with Gasteiger partial charge in [0.25, 0.3) is 5.91 Å². The summed E-state index contributed by atoms with van der Waals surface area (Å²) >= 11 is 5.67. The van der Waals surface area contributed by atoms with Crippen LogP contribution in [0.15, 0.2) is 10.5 Å². The van der Waals surface area contributed by atoms with Gasteiger partial charge in [-0.25, -0.2) is 0 Å². The number of rotatable bonds is 5. The number of carbonyl (C=O) groups excluding carboxylic acids is 1. The monoisotopic (exact) mass is 231 g/mol. The van der Waals surface area contributed by atoms with Crippen molar-refractivity contribution in [2.24, 2.45) is 0 Å². The molecule has 1 heterocycles. The molecule has 0 bridgehead atoms. The summed E-state index contributed by atoms with van der Waals surface area (Å²) in [5.74, 6) is 1.08. The molecule has 0 aromatic carbocycles. The molecule has 1 rings (SSSR count). The number of furan rings is 1. The molecule has 0 spiro atoms. The topological polar surface area (TPSA) is 51.5 Å². The third-order valence-electron chi connectivity index (χ3n) is 1.98. The summed E-state index contributed by atoms with van der Waals surface area (Å²) in [5, 5.41) is 2.66. The Morgan fingerprint density at radius 1 is 1.67 bits per heavy atom. The van der Waals surface area contributed by atoms with E-state index in [0.717, 1.165) is 5.56 Å². The minimum atomic E-state index is -0.244. The molecule has 4 nitrogen and oxygen atoms in total. The highest BCUT2D eigenvalue weighted by Crippen LogP contribution is 2.16. The molecule has 0 aliphatic rings. The SMILES string of the molecule is COCCNC(=O)c1cc(CCl)c(C)o1. The zero-order chi connectivity index (χ0) is 11.3. The summed E-state index contributed by atoms with van der Waals surface area (Å²) in [6.07, 6.45) is 0. The average Bonchev–Trinajstić information content (AvgIpc) is 2.60. The zero-order valence-electron chi connectivity index (χ0n) is 8.80. The van der Waals surface area contributed by atoms with Gasteiger partial charge in [-0.1, -0.05) is 0 Å². The van der Waals surface area contributed by atoms with Gasteiger partial charge in [-0.3, -0.25) is 4.79 Å². The van der Waals surface area contributed by atoms with Gasteiger partial charge in [-0.15, -0.1) is 11.6 Å². The van der Waals surface area contributed by atoms with Crippen molar-refractivity contribution in [1.82, 2.24) is 5.32 Å². The summed E-state index contributed by atoms with van der Waals surface area (Å²) in [6.45, 7) is 2.72. The Hall–Kier alpha value is -1.00. The third-order valence-corrected chi connectivity index (χ3v) is 2.27. The number of alkyl halides is 1. The second kappa shape index (κ2) is 5.78. The zero-order valence-corrected chi connectivity index (χ0v) is 9.56. The number of amides is 1. The highest BCUT2D eigenvalue weighted by molar-refractivity contribution is 6.17. The lowest BCUT2D eigenvalue weighted by Crippen LogP contribution is -2.26. The van der Waals surface area contributed by atoms with Gasteiger partial charge < -0.3 is 14.5 Å². The Labute approximate surface area is 93.5 Å². The summed E-state index contributed by atoms with van der Waals surface area (Å²) in [5.41, 5.74) is 0.841. The van der Waals surface area contributed by atoms with Crippen LogP contribution in [0.5, 0.6) is 0 Å². The minimum Gasteiger partial charge on any atom is -0.456 e. The molecule has 1 amide bonds. The molecule has 0 aliphatic heterocycles. The lowest BCUT2D eigenvalue weighted by atomic mass is 10.3. The van der Waals surface area contributed by atoms with Crippen molar-refractivity contribution in [3.8, 4) is 0 Å². The molecule has 1 N–H and O–H groups in total. The lowest BCUT2D eigenvalue weighted by Gasteiger charge is -2.00. The molecule has 0 saturated carbocycles. The fraction of sp³-hybridized carbons (Fsp3) is 0.500. The fourth-order valence-corrected chi connectivity index (χ4v) is 1.38. The standard InChI is InChI=1S/C10H14ClNO3/c1-7-8(6-11)5-9(15-7)10(13)12-3-4-14-2/h5H,3-4,6H2,1-2H3,(H,12,13). The van der Waals surface area contributed by atoms with Gasteiger partial charge in [0.15, 0.2) is 5.76 Å². The Morgan fingerprint density at radius 2 is 2.40 bits per heavy atom. The number of ether oxygens (including phenoxy) is 1. The van der Waals surface area contributed by atoms with Gasteiger partial charge in [0.1, 0.15) is 5.76 Å². The van der Waals surface area contributed by atoms with Gasteiger partial charge in [0.05, 0.1) is 12.5 Å². The highest BCUT2D eigenvalue weighted by Gasteiger charge is 2.12. The molecule has 84 valence electrons. The number of methoxy groups -OCH3 is 1. The maximum absolute atomic E-state index is 11.5. The normalized spacial score (nSPS) is 10.3. The van der Waals surface area contributed by atoms with E-state index in [4.69, 9.17) is 20.8 Å². The van der Waals surface area contributed by atoms with Crippen molar-refractivity contribution in [1.29, 1.82) is 0 Å². The first-order valence-electron chi connectivity index (χ1n) is 4.61. The minimum absolute atomic E-state index is 0.244. The number of hydrogen-bond donors (Lipinski definition) is 1. The second-order valence-corrected chi connectivity index (χ2v) is 3.34. The van der Waals surface area contributed by atoms with Gasteiger partial charge in [0.2, 0.25) is 0 Å². The number of hydrogen-bond acceptors (Lipinski definition) is 3. The van der Waals surface area contributed by atoms with Crippen molar-refractivity contribution in [2.75, 3.05) is 20.3 Å². The van der Waals surface area contributed by atoms with Crippen molar-refractivity contribution in [3.63, 3.8) is 0 Å². The largest absolute Gasteiger partial charge is 0.456 e. The first kappa shape index (κ1) is 12.1.